The molecule has 124 valence electrons. The summed E-state index contributed by atoms with van der Waals surface area (Å²) in [7, 11) is 0. The Morgan fingerprint density at radius 2 is 2.00 bits per heavy atom. The number of amides is 1. The second-order valence-electron chi connectivity index (χ2n) is 5.28. The Hall–Kier alpha value is -3.39. The highest BCUT2D eigenvalue weighted by Gasteiger charge is 2.15. The van der Waals surface area contributed by atoms with Crippen LogP contribution in [0.1, 0.15) is 10.5 Å². The number of benzene rings is 2. The van der Waals surface area contributed by atoms with Gasteiger partial charge in [-0.3, -0.25) is 9.89 Å². The summed E-state index contributed by atoms with van der Waals surface area (Å²) in [6.07, 6.45) is 1.51. The Balaban J connectivity index is 1.58. The predicted molar refractivity (Wildman–Crippen MR) is 92.1 cm³/mol. The Kier molecular flexibility index (Phi) is 3.58. The molecule has 0 bridgehead atoms. The summed E-state index contributed by atoms with van der Waals surface area (Å²) in [5.41, 5.74) is 1.49. The fraction of sp³-hybridized carbons (Fsp3) is 0. The number of carbonyl (C=O) groups excluding carboxylic acids is 1. The number of nitrogens with zero attached hydrogens (tertiary/aromatic N) is 4. The maximum atomic E-state index is 12.4. The van der Waals surface area contributed by atoms with E-state index in [-0.39, 0.29) is 11.4 Å². The van der Waals surface area contributed by atoms with Crippen LogP contribution in [-0.4, -0.2) is 36.2 Å². The van der Waals surface area contributed by atoms with Gasteiger partial charge in [0.25, 0.3) is 5.91 Å². The number of hydrogen-bond donors (Lipinski definition) is 3. The van der Waals surface area contributed by atoms with Crippen molar-refractivity contribution in [1.29, 1.82) is 0 Å². The first kappa shape index (κ1) is 15.2. The maximum absolute atomic E-state index is 12.4. The maximum Gasteiger partial charge on any atom is 0.279 e. The van der Waals surface area contributed by atoms with Crippen LogP contribution in [0, 0.1) is 0 Å². The summed E-state index contributed by atoms with van der Waals surface area (Å²) < 4.78 is 1.48. The minimum atomic E-state index is -0.443. The molecular weight excluding hydrogens is 344 g/mol. The number of H-pyrrole nitrogens is 1. The van der Waals surface area contributed by atoms with Crippen LogP contribution in [-0.2, 0) is 0 Å². The van der Waals surface area contributed by atoms with Crippen LogP contribution in [0.5, 0.6) is 5.75 Å². The van der Waals surface area contributed by atoms with Crippen LogP contribution in [0.2, 0.25) is 5.02 Å². The number of hydrogen-bond acceptors (Lipinski definition) is 5. The molecule has 0 saturated heterocycles. The monoisotopic (exact) mass is 354 g/mol. The van der Waals surface area contributed by atoms with Crippen molar-refractivity contribution < 1.29 is 9.90 Å². The van der Waals surface area contributed by atoms with Gasteiger partial charge in [0.05, 0.1) is 17.4 Å². The molecule has 4 rings (SSSR count). The molecule has 2 aromatic heterocycles. The summed E-state index contributed by atoms with van der Waals surface area (Å²) in [6, 6.07) is 11.7. The van der Waals surface area contributed by atoms with Gasteiger partial charge < -0.3 is 10.4 Å². The fourth-order valence-corrected chi connectivity index (χ4v) is 2.49. The summed E-state index contributed by atoms with van der Waals surface area (Å²) in [5, 5.41) is 28.0. The number of aromatic amines is 1. The zero-order valence-electron chi connectivity index (χ0n) is 12.6. The number of nitrogens with one attached hydrogen (secondary N) is 2. The third-order valence-electron chi connectivity index (χ3n) is 3.60. The molecule has 0 radical (unpaired) electrons. The van der Waals surface area contributed by atoms with E-state index in [4.69, 9.17) is 11.6 Å². The third-order valence-corrected chi connectivity index (χ3v) is 3.85. The number of aromatic nitrogens is 5. The van der Waals surface area contributed by atoms with Crippen LogP contribution < -0.4 is 5.32 Å². The van der Waals surface area contributed by atoms with E-state index in [0.717, 1.165) is 5.69 Å². The van der Waals surface area contributed by atoms with E-state index >= 15 is 0 Å². The minimum Gasteiger partial charge on any atom is -0.508 e. The third kappa shape index (κ3) is 2.90. The number of rotatable bonds is 3. The van der Waals surface area contributed by atoms with Gasteiger partial charge in [0, 0.05) is 16.5 Å². The van der Waals surface area contributed by atoms with Gasteiger partial charge >= 0.3 is 0 Å². The lowest BCUT2D eigenvalue weighted by Gasteiger charge is -2.00. The SMILES string of the molecule is O=C(Nc1n[nH]c2cc(O)ccc12)c1cn(-c2ccc(Cl)cc2)nn1. The van der Waals surface area contributed by atoms with E-state index in [0.29, 0.717) is 21.7 Å². The zero-order valence-corrected chi connectivity index (χ0v) is 13.4. The molecule has 4 aromatic rings. The number of phenols is 1. The normalized spacial score (nSPS) is 10.9. The Labute approximate surface area is 146 Å². The Morgan fingerprint density at radius 1 is 1.20 bits per heavy atom. The van der Waals surface area contributed by atoms with Crippen molar-refractivity contribution in [1.82, 2.24) is 25.2 Å². The second kappa shape index (κ2) is 5.91. The number of carbonyl (C=O) groups is 1. The first-order valence-corrected chi connectivity index (χ1v) is 7.65. The first-order chi connectivity index (χ1) is 12.1. The van der Waals surface area contributed by atoms with Crippen LogP contribution >= 0.6 is 11.6 Å². The zero-order chi connectivity index (χ0) is 17.4. The van der Waals surface area contributed by atoms with Crippen molar-refractivity contribution in [2.75, 3.05) is 5.32 Å². The number of anilines is 1. The molecule has 9 heteroatoms. The van der Waals surface area contributed by atoms with Gasteiger partial charge in [0.15, 0.2) is 11.5 Å². The van der Waals surface area contributed by atoms with Crippen molar-refractivity contribution in [3.05, 3.63) is 59.4 Å². The minimum absolute atomic E-state index is 0.111. The lowest BCUT2D eigenvalue weighted by molar-refractivity contribution is 0.102. The van der Waals surface area contributed by atoms with E-state index in [1.54, 1.807) is 30.3 Å². The average Bonchev–Trinajstić information content (AvgIpc) is 3.23. The molecule has 2 heterocycles. The predicted octanol–water partition coefficient (Wildman–Crippen LogP) is 2.75. The van der Waals surface area contributed by atoms with Crippen molar-refractivity contribution in [2.24, 2.45) is 0 Å². The molecule has 0 fully saturated rings. The highest BCUT2D eigenvalue weighted by Crippen LogP contribution is 2.24. The summed E-state index contributed by atoms with van der Waals surface area (Å²) in [4.78, 5) is 12.4. The molecule has 0 unspecified atom stereocenters. The van der Waals surface area contributed by atoms with Crippen molar-refractivity contribution in [2.45, 2.75) is 0 Å². The van der Waals surface area contributed by atoms with Gasteiger partial charge in [-0.2, -0.15) is 5.10 Å². The van der Waals surface area contributed by atoms with Gasteiger partial charge in [-0.05, 0) is 36.4 Å². The molecule has 3 N–H and O–H groups in total. The Bertz CT molecular complexity index is 1070. The molecular formula is C16H11ClN6O2. The van der Waals surface area contributed by atoms with Crippen molar-refractivity contribution in [3.63, 3.8) is 0 Å². The number of halogens is 1. The molecule has 25 heavy (non-hydrogen) atoms. The smallest absolute Gasteiger partial charge is 0.279 e. The number of aromatic hydroxyl groups is 1. The van der Waals surface area contributed by atoms with Crippen LogP contribution in [0.25, 0.3) is 16.6 Å². The molecule has 0 aliphatic rings. The summed E-state index contributed by atoms with van der Waals surface area (Å²) >= 11 is 5.86. The molecule has 2 aromatic carbocycles. The number of phenolic OH excluding ortho intramolecular Hbond substituents is 1. The molecule has 0 saturated carbocycles. The molecule has 0 aliphatic carbocycles. The largest absolute Gasteiger partial charge is 0.508 e. The standard InChI is InChI=1S/C16H11ClN6O2/c17-9-1-3-10(4-2-9)23-8-14(20-22-23)16(25)18-15-12-6-5-11(24)7-13(12)19-21-15/h1-8,24H,(H2,18,19,21,25). The van der Waals surface area contributed by atoms with E-state index in [2.05, 4.69) is 25.8 Å². The molecule has 0 spiro atoms. The quantitative estimate of drug-likeness (QED) is 0.524. The van der Waals surface area contributed by atoms with E-state index < -0.39 is 5.91 Å². The molecule has 0 atom stereocenters. The molecule has 1 amide bonds. The summed E-state index contributed by atoms with van der Waals surface area (Å²) in [5.74, 6) is 0.0164. The van der Waals surface area contributed by atoms with Gasteiger partial charge in [0.2, 0.25) is 0 Å². The second-order valence-corrected chi connectivity index (χ2v) is 5.72. The molecule has 0 aliphatic heterocycles. The highest BCUT2D eigenvalue weighted by atomic mass is 35.5. The van der Waals surface area contributed by atoms with E-state index in [1.165, 1.54) is 23.0 Å². The van der Waals surface area contributed by atoms with Gasteiger partial charge in [-0.1, -0.05) is 16.8 Å². The van der Waals surface area contributed by atoms with Crippen molar-refractivity contribution >= 4 is 34.2 Å². The first-order valence-electron chi connectivity index (χ1n) is 7.27. The van der Waals surface area contributed by atoms with Gasteiger partial charge in [-0.25, -0.2) is 4.68 Å². The van der Waals surface area contributed by atoms with Crippen LogP contribution in [0.15, 0.2) is 48.7 Å². The molecule has 8 nitrogen and oxygen atoms in total. The Morgan fingerprint density at radius 3 is 2.80 bits per heavy atom. The van der Waals surface area contributed by atoms with Crippen LogP contribution in [0.4, 0.5) is 5.82 Å². The average molecular weight is 355 g/mol. The van der Waals surface area contributed by atoms with Crippen molar-refractivity contribution in [3.8, 4) is 11.4 Å². The summed E-state index contributed by atoms with van der Waals surface area (Å²) in [6.45, 7) is 0. The highest BCUT2D eigenvalue weighted by molar-refractivity contribution is 6.30. The lowest BCUT2D eigenvalue weighted by Crippen LogP contribution is -2.12. The topological polar surface area (TPSA) is 109 Å². The number of fused-ring (bicyclic) bond motifs is 1. The van der Waals surface area contributed by atoms with Gasteiger partial charge in [-0.15, -0.1) is 5.10 Å². The lowest BCUT2D eigenvalue weighted by atomic mass is 10.2. The van der Waals surface area contributed by atoms with Crippen LogP contribution in [0.3, 0.4) is 0 Å². The van der Waals surface area contributed by atoms with E-state index in [9.17, 15) is 9.90 Å². The van der Waals surface area contributed by atoms with Gasteiger partial charge in [0.1, 0.15) is 5.75 Å². The van der Waals surface area contributed by atoms with E-state index in [1.807, 2.05) is 0 Å². The fourth-order valence-electron chi connectivity index (χ4n) is 2.36.